The maximum absolute atomic E-state index is 12.1. The van der Waals surface area contributed by atoms with E-state index in [1.165, 1.54) is 0 Å². The Morgan fingerprint density at radius 1 is 1.50 bits per heavy atom. The zero-order valence-electron chi connectivity index (χ0n) is 12.1. The molecule has 0 amide bonds. The second-order valence-corrected chi connectivity index (χ2v) is 4.84. The monoisotopic (exact) mass is 278 g/mol. The van der Waals surface area contributed by atoms with Gasteiger partial charge in [0.1, 0.15) is 0 Å². The summed E-state index contributed by atoms with van der Waals surface area (Å²) >= 11 is 0. The summed E-state index contributed by atoms with van der Waals surface area (Å²) in [6, 6.07) is 5.39. The van der Waals surface area contributed by atoms with E-state index in [9.17, 15) is 4.79 Å². The molecule has 0 saturated carbocycles. The molecule has 1 saturated heterocycles. The van der Waals surface area contributed by atoms with Crippen LogP contribution in [0.4, 0.5) is 11.4 Å². The minimum Gasteiger partial charge on any atom is -0.462 e. The molecule has 110 valence electrons. The summed E-state index contributed by atoms with van der Waals surface area (Å²) in [5, 5.41) is 0. The van der Waals surface area contributed by atoms with Gasteiger partial charge in [0.2, 0.25) is 0 Å². The van der Waals surface area contributed by atoms with Gasteiger partial charge in [0.05, 0.1) is 30.6 Å². The third kappa shape index (κ3) is 3.22. The van der Waals surface area contributed by atoms with Gasteiger partial charge in [-0.1, -0.05) is 6.92 Å². The van der Waals surface area contributed by atoms with Crippen molar-refractivity contribution in [1.82, 2.24) is 0 Å². The van der Waals surface area contributed by atoms with E-state index in [0.29, 0.717) is 24.5 Å². The fourth-order valence-electron chi connectivity index (χ4n) is 2.39. The SMILES string of the molecule is CCOC(=O)c1cc(N)ccc1N1CCOC(CC)C1. The summed E-state index contributed by atoms with van der Waals surface area (Å²) in [7, 11) is 0. The van der Waals surface area contributed by atoms with Crippen LogP contribution in [0.5, 0.6) is 0 Å². The van der Waals surface area contributed by atoms with Crippen LogP contribution < -0.4 is 10.6 Å². The lowest BCUT2D eigenvalue weighted by molar-refractivity contribution is 0.0379. The van der Waals surface area contributed by atoms with E-state index >= 15 is 0 Å². The van der Waals surface area contributed by atoms with E-state index < -0.39 is 0 Å². The Labute approximate surface area is 119 Å². The summed E-state index contributed by atoms with van der Waals surface area (Å²) in [4.78, 5) is 14.2. The molecular formula is C15H22N2O3. The van der Waals surface area contributed by atoms with Crippen LogP contribution in [0.3, 0.4) is 0 Å². The first-order valence-corrected chi connectivity index (χ1v) is 7.08. The molecule has 2 rings (SSSR count). The van der Waals surface area contributed by atoms with Gasteiger partial charge >= 0.3 is 5.97 Å². The minimum atomic E-state index is -0.325. The van der Waals surface area contributed by atoms with Crippen LogP contribution >= 0.6 is 0 Å². The highest BCUT2D eigenvalue weighted by molar-refractivity contribution is 5.97. The van der Waals surface area contributed by atoms with Gasteiger partial charge in [-0.25, -0.2) is 4.79 Å². The molecular weight excluding hydrogens is 256 g/mol. The van der Waals surface area contributed by atoms with Crippen molar-refractivity contribution in [3.63, 3.8) is 0 Å². The van der Waals surface area contributed by atoms with E-state index in [1.54, 1.807) is 13.0 Å². The number of ether oxygens (including phenoxy) is 2. The lowest BCUT2D eigenvalue weighted by Gasteiger charge is -2.35. The average molecular weight is 278 g/mol. The summed E-state index contributed by atoms with van der Waals surface area (Å²) in [5.74, 6) is -0.325. The molecule has 1 unspecified atom stereocenters. The molecule has 0 radical (unpaired) electrons. The zero-order valence-corrected chi connectivity index (χ0v) is 12.1. The molecule has 0 spiro atoms. The number of morpholine rings is 1. The van der Waals surface area contributed by atoms with Crippen LogP contribution in [0.2, 0.25) is 0 Å². The molecule has 1 aliphatic rings. The third-order valence-corrected chi connectivity index (χ3v) is 3.45. The van der Waals surface area contributed by atoms with E-state index in [4.69, 9.17) is 15.2 Å². The van der Waals surface area contributed by atoms with Crippen LogP contribution in [0.15, 0.2) is 18.2 Å². The molecule has 0 aromatic heterocycles. The molecule has 1 aromatic carbocycles. The van der Waals surface area contributed by atoms with Crippen molar-refractivity contribution in [1.29, 1.82) is 0 Å². The van der Waals surface area contributed by atoms with Crippen molar-refractivity contribution in [3.05, 3.63) is 23.8 Å². The number of esters is 1. The van der Waals surface area contributed by atoms with Gasteiger partial charge in [-0.3, -0.25) is 0 Å². The molecule has 2 N–H and O–H groups in total. The average Bonchev–Trinajstić information content (AvgIpc) is 2.47. The number of rotatable bonds is 4. The van der Waals surface area contributed by atoms with Gasteiger partial charge in [0.25, 0.3) is 0 Å². The Morgan fingerprint density at radius 3 is 3.00 bits per heavy atom. The number of carbonyl (C=O) groups excluding carboxylic acids is 1. The highest BCUT2D eigenvalue weighted by Gasteiger charge is 2.23. The van der Waals surface area contributed by atoms with Gasteiger partial charge in [-0.2, -0.15) is 0 Å². The lowest BCUT2D eigenvalue weighted by atomic mass is 10.1. The van der Waals surface area contributed by atoms with E-state index in [-0.39, 0.29) is 12.1 Å². The number of benzene rings is 1. The highest BCUT2D eigenvalue weighted by Crippen LogP contribution is 2.26. The van der Waals surface area contributed by atoms with Crippen LogP contribution in [-0.2, 0) is 9.47 Å². The molecule has 5 heteroatoms. The van der Waals surface area contributed by atoms with Crippen molar-refractivity contribution in [2.45, 2.75) is 26.4 Å². The largest absolute Gasteiger partial charge is 0.462 e. The Bertz CT molecular complexity index is 476. The quantitative estimate of drug-likeness (QED) is 0.674. The number of nitrogens with two attached hydrogens (primary N) is 1. The maximum atomic E-state index is 12.1. The van der Waals surface area contributed by atoms with Crippen molar-refractivity contribution < 1.29 is 14.3 Å². The Balaban J connectivity index is 2.28. The second kappa shape index (κ2) is 6.61. The standard InChI is InChI=1S/C15H22N2O3/c1-3-12-10-17(7-8-20-12)14-6-5-11(16)9-13(14)15(18)19-4-2/h5-6,9,12H,3-4,7-8,10,16H2,1-2H3. The van der Waals surface area contributed by atoms with E-state index in [2.05, 4.69) is 11.8 Å². The number of nitrogen functional groups attached to an aromatic ring is 1. The Kier molecular flexibility index (Phi) is 4.84. The molecule has 0 bridgehead atoms. The Morgan fingerprint density at radius 2 is 2.30 bits per heavy atom. The number of anilines is 2. The molecule has 1 atom stereocenters. The topological polar surface area (TPSA) is 64.8 Å². The first-order valence-electron chi connectivity index (χ1n) is 7.08. The van der Waals surface area contributed by atoms with Crippen molar-refractivity contribution in [3.8, 4) is 0 Å². The number of hydrogen-bond donors (Lipinski definition) is 1. The fourth-order valence-corrected chi connectivity index (χ4v) is 2.39. The summed E-state index contributed by atoms with van der Waals surface area (Å²) in [6.45, 7) is 6.48. The van der Waals surface area contributed by atoms with Crippen LogP contribution in [0.1, 0.15) is 30.6 Å². The van der Waals surface area contributed by atoms with Gasteiger partial charge in [0, 0.05) is 18.8 Å². The van der Waals surface area contributed by atoms with Crippen molar-refractivity contribution in [2.75, 3.05) is 36.9 Å². The lowest BCUT2D eigenvalue weighted by Crippen LogP contribution is -2.42. The summed E-state index contributed by atoms with van der Waals surface area (Å²) < 4.78 is 10.8. The number of hydrogen-bond acceptors (Lipinski definition) is 5. The first-order chi connectivity index (χ1) is 9.65. The maximum Gasteiger partial charge on any atom is 0.340 e. The van der Waals surface area contributed by atoms with Crippen molar-refractivity contribution in [2.24, 2.45) is 0 Å². The van der Waals surface area contributed by atoms with Gasteiger partial charge in [0.15, 0.2) is 0 Å². The predicted molar refractivity (Wildman–Crippen MR) is 79.1 cm³/mol. The van der Waals surface area contributed by atoms with Crippen LogP contribution in [-0.4, -0.2) is 38.4 Å². The van der Waals surface area contributed by atoms with Crippen molar-refractivity contribution >= 4 is 17.3 Å². The van der Waals surface area contributed by atoms with Crippen LogP contribution in [0.25, 0.3) is 0 Å². The minimum absolute atomic E-state index is 0.205. The normalized spacial score (nSPS) is 18.9. The zero-order chi connectivity index (χ0) is 14.5. The number of carbonyl (C=O) groups is 1. The Hall–Kier alpha value is -1.75. The second-order valence-electron chi connectivity index (χ2n) is 4.84. The summed E-state index contributed by atoms with van der Waals surface area (Å²) in [6.07, 6.45) is 1.16. The van der Waals surface area contributed by atoms with E-state index in [0.717, 1.165) is 25.2 Å². The van der Waals surface area contributed by atoms with Gasteiger partial charge in [-0.05, 0) is 31.5 Å². The van der Waals surface area contributed by atoms with Crippen LogP contribution in [0, 0.1) is 0 Å². The molecule has 20 heavy (non-hydrogen) atoms. The predicted octanol–water partition coefficient (Wildman–Crippen LogP) is 2.06. The van der Waals surface area contributed by atoms with E-state index in [1.807, 2.05) is 12.1 Å². The first kappa shape index (κ1) is 14.7. The van der Waals surface area contributed by atoms with Gasteiger partial charge < -0.3 is 20.1 Å². The number of nitrogens with zero attached hydrogens (tertiary/aromatic N) is 1. The molecule has 5 nitrogen and oxygen atoms in total. The van der Waals surface area contributed by atoms with Gasteiger partial charge in [-0.15, -0.1) is 0 Å². The molecule has 0 aliphatic carbocycles. The highest BCUT2D eigenvalue weighted by atomic mass is 16.5. The smallest absolute Gasteiger partial charge is 0.340 e. The fraction of sp³-hybridized carbons (Fsp3) is 0.533. The molecule has 1 heterocycles. The third-order valence-electron chi connectivity index (χ3n) is 3.45. The molecule has 1 fully saturated rings. The summed E-state index contributed by atoms with van der Waals surface area (Å²) in [5.41, 5.74) is 7.77. The molecule has 1 aliphatic heterocycles. The molecule has 1 aromatic rings.